The maximum Gasteiger partial charge on any atom is 0.343 e. The largest absolute Gasteiger partial charge is 1.00 e. The van der Waals surface area contributed by atoms with Gasteiger partial charge in [-0.3, -0.25) is 0 Å². The van der Waals surface area contributed by atoms with Gasteiger partial charge in [-0.1, -0.05) is 30.3 Å². The molecule has 0 amide bonds. The number of alkyl halides is 2. The van der Waals surface area contributed by atoms with Crippen LogP contribution >= 0.6 is 0 Å². The molecular weight excluding hydrogens is 544 g/mol. The maximum atomic E-state index is 14.0. The summed E-state index contributed by atoms with van der Waals surface area (Å²) in [5, 5.41) is 11.4. The Bertz CT molecular complexity index is 1090. The summed E-state index contributed by atoms with van der Waals surface area (Å²) in [5.41, 5.74) is -1.73. The van der Waals surface area contributed by atoms with Gasteiger partial charge in [0.15, 0.2) is 5.60 Å². The molecule has 0 saturated heterocycles. The van der Waals surface area contributed by atoms with Crippen LogP contribution in [-0.4, -0.2) is 46.1 Å². The van der Waals surface area contributed by atoms with Crippen molar-refractivity contribution in [2.75, 3.05) is 13.2 Å². The summed E-state index contributed by atoms with van der Waals surface area (Å²) in [6, 6.07) is 11.3. The van der Waals surface area contributed by atoms with E-state index in [0.29, 0.717) is 0 Å². The molecule has 1 aliphatic carbocycles. The Morgan fingerprint density at radius 3 is 2.50 bits per heavy atom. The summed E-state index contributed by atoms with van der Waals surface area (Å²) in [4.78, 5) is 16.7. The van der Waals surface area contributed by atoms with E-state index < -0.39 is 47.9 Å². The molecule has 1 N–H and O–H groups in total. The van der Waals surface area contributed by atoms with Crippen molar-refractivity contribution in [1.82, 2.24) is 9.80 Å². The molecule has 1 saturated carbocycles. The van der Waals surface area contributed by atoms with Gasteiger partial charge in [0.25, 0.3) is 0 Å². The van der Waals surface area contributed by atoms with Gasteiger partial charge in [-0.25, -0.2) is 22.4 Å². The minimum atomic E-state index is -2.94. The number of hydrogen-bond acceptors (Lipinski definition) is 5. The fourth-order valence-electron chi connectivity index (χ4n) is 4.79. The number of hydrogen-bond donors (Lipinski definition) is 1. The van der Waals surface area contributed by atoms with Crippen LogP contribution < -0.4 is 17.0 Å². The predicted octanol–water partition coefficient (Wildman–Crippen LogP) is 1.77. The van der Waals surface area contributed by atoms with E-state index in [0.717, 1.165) is 18.2 Å². The van der Waals surface area contributed by atoms with Crippen molar-refractivity contribution in [3.05, 3.63) is 83.7 Å². The van der Waals surface area contributed by atoms with Gasteiger partial charge in [0, 0.05) is 43.3 Å². The SMILES string of the molecule is CC1N(CCOC(=O)[C@](O)(c2ccccc2)[C@@H]2CCC(F)(F)C2)C=CN1Cc1cc(F)ccc1F.[Br-]. The predicted molar refractivity (Wildman–Crippen MR) is 121 cm³/mol. The average molecular weight is 572 g/mol. The lowest BCUT2D eigenvalue weighted by molar-refractivity contribution is -0.175. The number of ether oxygens (including phenoxy) is 1. The molecule has 3 atom stereocenters. The normalized spacial score (nSPS) is 22.3. The highest BCUT2D eigenvalue weighted by Gasteiger charge is 2.54. The van der Waals surface area contributed by atoms with E-state index in [1.807, 2.05) is 11.8 Å². The van der Waals surface area contributed by atoms with E-state index in [1.54, 1.807) is 35.5 Å². The highest BCUT2D eigenvalue weighted by molar-refractivity contribution is 5.81. The molecule has 10 heteroatoms. The first-order chi connectivity index (χ1) is 16.6. The maximum absolute atomic E-state index is 14.0. The number of halogens is 5. The second kappa shape index (κ2) is 11.2. The van der Waals surface area contributed by atoms with Crippen LogP contribution in [0.1, 0.15) is 37.3 Å². The first-order valence-corrected chi connectivity index (χ1v) is 11.6. The molecule has 36 heavy (non-hydrogen) atoms. The van der Waals surface area contributed by atoms with Crippen molar-refractivity contribution in [2.45, 2.75) is 50.4 Å². The van der Waals surface area contributed by atoms with Crippen LogP contribution in [0.25, 0.3) is 0 Å². The summed E-state index contributed by atoms with van der Waals surface area (Å²) >= 11 is 0. The number of nitrogens with zero attached hydrogens (tertiary/aromatic N) is 2. The van der Waals surface area contributed by atoms with Crippen molar-refractivity contribution < 1.29 is 49.2 Å². The molecule has 196 valence electrons. The molecule has 2 aromatic carbocycles. The van der Waals surface area contributed by atoms with Gasteiger partial charge >= 0.3 is 5.97 Å². The third kappa shape index (κ3) is 5.86. The van der Waals surface area contributed by atoms with Gasteiger partial charge < -0.3 is 36.6 Å². The van der Waals surface area contributed by atoms with Gasteiger partial charge in [-0.15, -0.1) is 0 Å². The van der Waals surface area contributed by atoms with Crippen molar-refractivity contribution in [2.24, 2.45) is 5.92 Å². The number of benzene rings is 2. The molecule has 0 aromatic heterocycles. The lowest BCUT2D eigenvalue weighted by atomic mass is 9.80. The molecule has 4 rings (SSSR count). The van der Waals surface area contributed by atoms with Crippen LogP contribution in [-0.2, 0) is 21.7 Å². The Morgan fingerprint density at radius 1 is 1.14 bits per heavy atom. The fourth-order valence-corrected chi connectivity index (χ4v) is 4.79. The lowest BCUT2D eigenvalue weighted by Crippen LogP contribution is -3.00. The van der Waals surface area contributed by atoms with Crippen LogP contribution in [0.3, 0.4) is 0 Å². The Hall–Kier alpha value is -2.59. The second-order valence-electron chi connectivity index (χ2n) is 9.14. The van der Waals surface area contributed by atoms with E-state index in [2.05, 4.69) is 0 Å². The molecule has 2 aromatic rings. The molecule has 1 fully saturated rings. The molecule has 0 bridgehead atoms. The molecule has 2 aliphatic rings. The van der Waals surface area contributed by atoms with E-state index in [4.69, 9.17) is 4.74 Å². The van der Waals surface area contributed by atoms with E-state index in [9.17, 15) is 27.5 Å². The standard InChI is InChI=1S/C26H28F4N2O3.BrH/c1-18-31(11-12-32(18)17-19-15-22(27)7-8-23(19)28)13-14-35-24(33)26(34,20-5-3-2-4-6-20)21-9-10-25(29,30)16-21;/h2-8,11-12,15,18,21,34H,9-10,13-14,16-17H2,1H3;1H/p-1/t18?,21-,26+;/m1./s1. The van der Waals surface area contributed by atoms with Crippen molar-refractivity contribution in [1.29, 1.82) is 0 Å². The number of carbonyl (C=O) groups excluding carboxylic acids is 1. The van der Waals surface area contributed by atoms with Crippen molar-refractivity contribution in [3.63, 3.8) is 0 Å². The van der Waals surface area contributed by atoms with E-state index in [1.165, 1.54) is 12.1 Å². The highest BCUT2D eigenvalue weighted by atomic mass is 79.9. The smallest absolute Gasteiger partial charge is 0.343 e. The Kier molecular flexibility index (Phi) is 8.71. The summed E-state index contributed by atoms with van der Waals surface area (Å²) < 4.78 is 60.7. The van der Waals surface area contributed by atoms with E-state index >= 15 is 0 Å². The molecule has 1 heterocycles. The monoisotopic (exact) mass is 571 g/mol. The minimum absolute atomic E-state index is 0. The molecule has 5 nitrogen and oxygen atoms in total. The zero-order valence-corrected chi connectivity index (χ0v) is 21.3. The topological polar surface area (TPSA) is 53.0 Å². The molecular formula is C26H28BrF4N2O3-. The minimum Gasteiger partial charge on any atom is -1.00 e. The third-order valence-electron chi connectivity index (χ3n) is 6.87. The zero-order chi connectivity index (χ0) is 25.2. The fraction of sp³-hybridized carbons (Fsp3) is 0.423. The Morgan fingerprint density at radius 2 is 1.83 bits per heavy atom. The zero-order valence-electron chi connectivity index (χ0n) is 19.7. The first-order valence-electron chi connectivity index (χ1n) is 11.6. The van der Waals surface area contributed by atoms with Crippen LogP contribution in [0.15, 0.2) is 60.9 Å². The average Bonchev–Trinajstić information content (AvgIpc) is 3.38. The molecule has 0 radical (unpaired) electrons. The molecule has 0 spiro atoms. The number of carbonyl (C=O) groups is 1. The van der Waals surface area contributed by atoms with Gasteiger partial charge in [-0.05, 0) is 37.1 Å². The summed E-state index contributed by atoms with van der Waals surface area (Å²) in [7, 11) is 0. The summed E-state index contributed by atoms with van der Waals surface area (Å²) in [6.45, 7) is 2.19. The van der Waals surface area contributed by atoms with Crippen LogP contribution in [0.5, 0.6) is 0 Å². The summed E-state index contributed by atoms with van der Waals surface area (Å²) in [6.07, 6.45) is 2.28. The van der Waals surface area contributed by atoms with Crippen LogP contribution in [0.2, 0.25) is 0 Å². The number of aliphatic hydroxyl groups is 1. The highest BCUT2D eigenvalue weighted by Crippen LogP contribution is 2.47. The van der Waals surface area contributed by atoms with Crippen molar-refractivity contribution >= 4 is 5.97 Å². The van der Waals surface area contributed by atoms with Gasteiger partial charge in [0.2, 0.25) is 5.92 Å². The third-order valence-corrected chi connectivity index (χ3v) is 6.87. The second-order valence-corrected chi connectivity index (χ2v) is 9.14. The van der Waals surface area contributed by atoms with Crippen LogP contribution in [0.4, 0.5) is 17.6 Å². The summed E-state index contributed by atoms with van der Waals surface area (Å²) in [5.74, 6) is -5.88. The van der Waals surface area contributed by atoms with Crippen LogP contribution in [0, 0.1) is 17.6 Å². The number of esters is 1. The lowest BCUT2D eigenvalue weighted by Gasteiger charge is -2.33. The first kappa shape index (κ1) is 28.0. The number of rotatable bonds is 8. The van der Waals surface area contributed by atoms with Gasteiger partial charge in [0.05, 0.1) is 12.7 Å². The van der Waals surface area contributed by atoms with E-state index in [-0.39, 0.29) is 60.4 Å². The quantitative estimate of drug-likeness (QED) is 0.387. The Balaban J connectivity index is 0.00000361. The van der Waals surface area contributed by atoms with Gasteiger partial charge in [0.1, 0.15) is 18.2 Å². The van der Waals surface area contributed by atoms with Crippen molar-refractivity contribution in [3.8, 4) is 0 Å². The molecule has 1 aliphatic heterocycles. The molecule has 1 unspecified atom stereocenters. The van der Waals surface area contributed by atoms with Gasteiger partial charge in [-0.2, -0.15) is 0 Å². The Labute approximate surface area is 218 Å².